The second kappa shape index (κ2) is 6.89. The van der Waals surface area contributed by atoms with Gasteiger partial charge in [-0.15, -0.1) is 0 Å². The first-order chi connectivity index (χ1) is 13.9. The van der Waals surface area contributed by atoms with Crippen LogP contribution in [0.1, 0.15) is 46.7 Å². The van der Waals surface area contributed by atoms with Gasteiger partial charge in [0.05, 0.1) is 13.0 Å². The largest absolute Gasteiger partial charge is 0.466 e. The van der Waals surface area contributed by atoms with Gasteiger partial charge in [-0.25, -0.2) is 0 Å². The highest BCUT2D eigenvalue weighted by Crippen LogP contribution is 2.38. The van der Waals surface area contributed by atoms with Gasteiger partial charge in [-0.1, -0.05) is 30.3 Å². The SMILES string of the molecule is [2H]C([2H])([2H])N1C([2H])([2H])C([2H])([2H])C(CC(=O)OCC)(Cc2ccccc2)C([2H])([2H])C1([2H])[2H]. The fourth-order valence-electron chi connectivity index (χ4n) is 2.03. The molecule has 3 heteroatoms. The van der Waals surface area contributed by atoms with Crippen LogP contribution in [0.15, 0.2) is 30.3 Å². The van der Waals surface area contributed by atoms with E-state index < -0.39 is 56.9 Å². The summed E-state index contributed by atoms with van der Waals surface area (Å²) in [5, 5.41) is 0. The van der Waals surface area contributed by atoms with Crippen LogP contribution in [0.5, 0.6) is 0 Å². The maximum Gasteiger partial charge on any atom is 0.306 e. The molecule has 1 saturated heterocycles. The first-order valence-corrected chi connectivity index (χ1v) is 6.40. The van der Waals surface area contributed by atoms with Gasteiger partial charge >= 0.3 is 5.97 Å². The van der Waals surface area contributed by atoms with Gasteiger partial charge in [0.25, 0.3) is 0 Å². The number of esters is 1. The number of piperidine rings is 1. The summed E-state index contributed by atoms with van der Waals surface area (Å²) in [5.41, 5.74) is -2.31. The summed E-state index contributed by atoms with van der Waals surface area (Å²) in [6, 6.07) is 7.85. The molecule has 0 N–H and O–H groups in total. The molecule has 0 saturated carbocycles. The lowest BCUT2D eigenvalue weighted by molar-refractivity contribution is -0.146. The van der Waals surface area contributed by atoms with Gasteiger partial charge in [-0.05, 0) is 57.0 Å². The Morgan fingerprint density at radius 1 is 1.40 bits per heavy atom. The van der Waals surface area contributed by atoms with Crippen LogP contribution in [0.3, 0.4) is 0 Å². The van der Waals surface area contributed by atoms with E-state index in [9.17, 15) is 4.79 Å². The summed E-state index contributed by atoms with van der Waals surface area (Å²) in [7, 11) is 0. The predicted molar refractivity (Wildman–Crippen MR) is 80.6 cm³/mol. The molecule has 0 spiro atoms. The minimum Gasteiger partial charge on any atom is -0.466 e. The third-order valence-corrected chi connectivity index (χ3v) is 2.91. The van der Waals surface area contributed by atoms with Gasteiger partial charge in [-0.3, -0.25) is 4.79 Å². The van der Waals surface area contributed by atoms with Crippen molar-refractivity contribution in [2.45, 2.75) is 32.5 Å². The van der Waals surface area contributed by atoms with Crippen molar-refractivity contribution in [1.29, 1.82) is 0 Å². The molecular formula is C17H25NO2. The first-order valence-electron chi connectivity index (χ1n) is 11.9. The second-order valence-corrected chi connectivity index (χ2v) is 4.54. The first kappa shape index (κ1) is 6.18. The zero-order valence-corrected chi connectivity index (χ0v) is 11.3. The zero-order chi connectivity index (χ0) is 24.1. The van der Waals surface area contributed by atoms with Crippen LogP contribution in [-0.2, 0) is 16.0 Å². The Hall–Kier alpha value is -1.35. The van der Waals surface area contributed by atoms with Crippen molar-refractivity contribution in [1.82, 2.24) is 4.90 Å². The van der Waals surface area contributed by atoms with Gasteiger partial charge in [0.1, 0.15) is 0 Å². The molecule has 1 heterocycles. The molecule has 0 amide bonds. The normalized spacial score (nSPS) is 37.5. The van der Waals surface area contributed by atoms with Crippen LogP contribution in [0.25, 0.3) is 0 Å². The van der Waals surface area contributed by atoms with E-state index in [4.69, 9.17) is 19.8 Å². The number of benzene rings is 1. The third kappa shape index (κ3) is 4.07. The summed E-state index contributed by atoms with van der Waals surface area (Å²) >= 11 is 0. The van der Waals surface area contributed by atoms with Crippen LogP contribution in [0.2, 0.25) is 0 Å². The molecule has 0 aromatic heterocycles. The minimum absolute atomic E-state index is 0.104. The van der Waals surface area contributed by atoms with Crippen molar-refractivity contribution >= 4 is 5.97 Å². The van der Waals surface area contributed by atoms with Crippen LogP contribution in [-0.4, -0.2) is 37.4 Å². The van der Waals surface area contributed by atoms with E-state index in [0.29, 0.717) is 5.56 Å². The van der Waals surface area contributed by atoms with E-state index in [2.05, 4.69) is 0 Å². The van der Waals surface area contributed by atoms with Gasteiger partial charge in [-0.2, -0.15) is 0 Å². The maximum atomic E-state index is 12.5. The summed E-state index contributed by atoms with van der Waals surface area (Å²) in [6.07, 6.45) is -8.22. The van der Waals surface area contributed by atoms with E-state index in [0.717, 1.165) is 0 Å². The lowest BCUT2D eigenvalue weighted by atomic mass is 9.71. The Balaban J connectivity index is 2.87. The highest BCUT2D eigenvalue weighted by molar-refractivity contribution is 5.70. The zero-order valence-electron chi connectivity index (χ0n) is 22.3. The summed E-state index contributed by atoms with van der Waals surface area (Å²) in [6.45, 7) is -9.13. The molecular weight excluding hydrogens is 250 g/mol. The maximum absolute atomic E-state index is 12.5. The van der Waals surface area contributed by atoms with E-state index >= 15 is 0 Å². The highest BCUT2D eigenvalue weighted by Gasteiger charge is 2.36. The van der Waals surface area contributed by atoms with E-state index in [1.165, 1.54) is 19.1 Å². The van der Waals surface area contributed by atoms with Crippen LogP contribution < -0.4 is 0 Å². The molecule has 1 aromatic carbocycles. The number of hydrogen-bond acceptors (Lipinski definition) is 3. The Morgan fingerprint density at radius 3 is 2.70 bits per heavy atom. The number of carbonyl (C=O) groups is 1. The smallest absolute Gasteiger partial charge is 0.306 e. The van der Waals surface area contributed by atoms with Crippen molar-refractivity contribution in [3.63, 3.8) is 0 Å². The average molecular weight is 286 g/mol. The summed E-state index contributed by atoms with van der Waals surface area (Å²) in [5.74, 6) is -1.04. The van der Waals surface area contributed by atoms with E-state index in [-0.39, 0.29) is 11.5 Å². The standard InChI is InChI=1S/C17H25NO2/c1-3-20-16(19)14-17(9-11-18(2)12-10-17)13-15-7-5-4-6-8-15/h4-8H,3,9-14H2,1-2H3/i2D3,9D2,10D2,11D2,12D2. The molecule has 0 atom stereocenters. The van der Waals surface area contributed by atoms with Crippen LogP contribution in [0, 0.1) is 5.41 Å². The number of ether oxygens (including phenoxy) is 1. The molecule has 0 aliphatic carbocycles. The van der Waals surface area contributed by atoms with Gasteiger partial charge in [0.15, 0.2) is 0 Å². The van der Waals surface area contributed by atoms with Crippen LogP contribution >= 0.6 is 0 Å². The molecule has 1 aliphatic heterocycles. The van der Waals surface area contributed by atoms with Gasteiger partial charge in [0, 0.05) is 15.1 Å². The minimum atomic E-state index is -3.51. The fraction of sp³-hybridized carbons (Fsp3) is 0.588. The number of carbonyl (C=O) groups excluding carboxylic acids is 1. The molecule has 110 valence electrons. The van der Waals surface area contributed by atoms with Crippen LogP contribution in [0.4, 0.5) is 0 Å². The van der Waals surface area contributed by atoms with Crippen molar-refractivity contribution in [2.75, 3.05) is 26.6 Å². The summed E-state index contributed by atoms with van der Waals surface area (Å²) < 4.78 is 95.6. The number of rotatable bonds is 5. The molecule has 20 heavy (non-hydrogen) atoms. The van der Waals surface area contributed by atoms with Gasteiger partial charge < -0.3 is 9.64 Å². The quantitative estimate of drug-likeness (QED) is 0.780. The Bertz CT molecular complexity index is 780. The van der Waals surface area contributed by atoms with E-state index in [1.807, 2.05) is 0 Å². The van der Waals surface area contributed by atoms with Gasteiger partial charge in [0.2, 0.25) is 0 Å². The Kier molecular flexibility index (Phi) is 2.13. The summed E-state index contributed by atoms with van der Waals surface area (Å²) in [4.78, 5) is 12.1. The number of hydrogen-bond donors (Lipinski definition) is 0. The average Bonchev–Trinajstić information content (AvgIpc) is 2.58. The third-order valence-electron chi connectivity index (χ3n) is 2.91. The number of likely N-dealkylation sites (tertiary alicyclic amines) is 1. The monoisotopic (exact) mass is 286 g/mol. The lowest BCUT2D eigenvalue weighted by Gasteiger charge is -2.40. The van der Waals surface area contributed by atoms with Crippen molar-refractivity contribution < 1.29 is 24.6 Å². The Labute approximate surface area is 137 Å². The molecule has 0 bridgehead atoms. The van der Waals surface area contributed by atoms with E-state index in [1.54, 1.807) is 18.2 Å². The van der Waals surface area contributed by atoms with Crippen molar-refractivity contribution in [2.24, 2.45) is 5.41 Å². The molecule has 0 radical (unpaired) electrons. The van der Waals surface area contributed by atoms with Crippen molar-refractivity contribution in [3.8, 4) is 0 Å². The molecule has 1 fully saturated rings. The Morgan fingerprint density at radius 2 is 2.10 bits per heavy atom. The molecule has 1 aromatic rings. The lowest BCUT2D eigenvalue weighted by Crippen LogP contribution is -2.40. The molecule has 1 aliphatic rings. The van der Waals surface area contributed by atoms with Crippen molar-refractivity contribution in [3.05, 3.63) is 35.9 Å². The molecule has 0 unspecified atom stereocenters. The number of nitrogens with zero attached hydrogens (tertiary/aromatic N) is 1. The fourth-order valence-corrected chi connectivity index (χ4v) is 2.03. The second-order valence-electron chi connectivity index (χ2n) is 4.54. The topological polar surface area (TPSA) is 29.5 Å². The molecule has 2 rings (SSSR count). The predicted octanol–water partition coefficient (Wildman–Crippen LogP) is 2.89. The highest BCUT2D eigenvalue weighted by atomic mass is 16.5. The molecule has 3 nitrogen and oxygen atoms in total.